The summed E-state index contributed by atoms with van der Waals surface area (Å²) >= 11 is 6.02. The van der Waals surface area contributed by atoms with Crippen molar-refractivity contribution in [1.29, 1.82) is 0 Å². The molecule has 2 aromatic rings. The van der Waals surface area contributed by atoms with Crippen molar-refractivity contribution in [2.24, 2.45) is 0 Å². The number of carboxylic acids is 1. The van der Waals surface area contributed by atoms with Crippen molar-refractivity contribution in [2.75, 3.05) is 7.11 Å². The van der Waals surface area contributed by atoms with Crippen LogP contribution in [0.4, 0.5) is 0 Å². The third kappa shape index (κ3) is 3.35. The Bertz CT molecular complexity index is 785. The first-order valence-electron chi connectivity index (χ1n) is 7.33. The van der Waals surface area contributed by atoms with Gasteiger partial charge in [-0.3, -0.25) is 4.79 Å². The number of ether oxygens (including phenoxy) is 1. The molecule has 126 valence electrons. The topological polar surface area (TPSA) is 102 Å². The van der Waals surface area contributed by atoms with Crippen molar-refractivity contribution < 1.29 is 24.0 Å². The van der Waals surface area contributed by atoms with E-state index in [2.05, 4.69) is 10.5 Å². The van der Waals surface area contributed by atoms with Gasteiger partial charge < -0.3 is 19.7 Å². The molecule has 0 radical (unpaired) electrons. The van der Waals surface area contributed by atoms with Crippen LogP contribution in [-0.4, -0.2) is 29.2 Å². The maximum atomic E-state index is 12.2. The highest BCUT2D eigenvalue weighted by atomic mass is 35.5. The van der Waals surface area contributed by atoms with E-state index in [1.807, 2.05) is 0 Å². The summed E-state index contributed by atoms with van der Waals surface area (Å²) < 4.78 is 10.0. The van der Waals surface area contributed by atoms with Crippen molar-refractivity contribution in [3.63, 3.8) is 0 Å². The predicted octanol–water partition coefficient (Wildman–Crippen LogP) is 2.77. The number of benzene rings is 1. The van der Waals surface area contributed by atoms with Crippen LogP contribution < -0.4 is 10.1 Å². The molecule has 1 aliphatic carbocycles. The Morgan fingerprint density at radius 1 is 1.42 bits per heavy atom. The van der Waals surface area contributed by atoms with Crippen LogP contribution in [0.3, 0.4) is 0 Å². The van der Waals surface area contributed by atoms with Crippen LogP contribution in [-0.2, 0) is 4.79 Å². The molecule has 1 atom stereocenters. The fourth-order valence-electron chi connectivity index (χ4n) is 2.32. The molecular weight excluding hydrogens is 336 g/mol. The maximum absolute atomic E-state index is 12.2. The van der Waals surface area contributed by atoms with Crippen molar-refractivity contribution in [2.45, 2.75) is 24.8 Å². The number of carbonyl (C=O) groups is 2. The van der Waals surface area contributed by atoms with Crippen molar-refractivity contribution in [3.8, 4) is 5.75 Å². The Morgan fingerprint density at radius 2 is 2.17 bits per heavy atom. The molecule has 1 aromatic carbocycles. The molecule has 1 aromatic heterocycles. The second kappa shape index (κ2) is 6.52. The standard InChI is InChI=1S/C16H15ClN2O5/c1-23-12-5-4-9(6-10(12)17)14(16(21)22)18-15(20)13-7-11(19-24-13)8-2-3-8/h4-8,14H,2-3H2,1H3,(H,18,20)(H,21,22). The molecule has 1 aliphatic rings. The van der Waals surface area contributed by atoms with Gasteiger partial charge in [0.1, 0.15) is 5.75 Å². The largest absolute Gasteiger partial charge is 0.495 e. The van der Waals surface area contributed by atoms with E-state index in [1.54, 1.807) is 12.1 Å². The lowest BCUT2D eigenvalue weighted by Gasteiger charge is -2.15. The highest BCUT2D eigenvalue weighted by Crippen LogP contribution is 2.39. The van der Waals surface area contributed by atoms with E-state index in [4.69, 9.17) is 20.9 Å². The van der Waals surface area contributed by atoms with Gasteiger partial charge in [0.2, 0.25) is 5.76 Å². The van der Waals surface area contributed by atoms with Gasteiger partial charge in [0, 0.05) is 12.0 Å². The van der Waals surface area contributed by atoms with Crippen LogP contribution in [0.15, 0.2) is 28.8 Å². The second-order valence-electron chi connectivity index (χ2n) is 5.53. The van der Waals surface area contributed by atoms with Crippen molar-refractivity contribution in [1.82, 2.24) is 10.5 Å². The molecule has 24 heavy (non-hydrogen) atoms. The van der Waals surface area contributed by atoms with E-state index in [0.717, 1.165) is 18.5 Å². The molecule has 1 fully saturated rings. The molecule has 2 N–H and O–H groups in total. The molecule has 0 aliphatic heterocycles. The molecule has 3 rings (SSSR count). The Labute approximate surface area is 142 Å². The van der Waals surface area contributed by atoms with Gasteiger partial charge in [0.15, 0.2) is 6.04 Å². The lowest BCUT2D eigenvalue weighted by Crippen LogP contribution is -2.33. The molecule has 7 nitrogen and oxygen atoms in total. The average Bonchev–Trinajstić information content (AvgIpc) is 3.29. The van der Waals surface area contributed by atoms with Crippen LogP contribution in [0.2, 0.25) is 5.02 Å². The molecule has 8 heteroatoms. The number of nitrogens with one attached hydrogen (secondary N) is 1. The Morgan fingerprint density at radius 3 is 2.75 bits per heavy atom. The number of hydrogen-bond acceptors (Lipinski definition) is 5. The summed E-state index contributed by atoms with van der Waals surface area (Å²) in [5.41, 5.74) is 1.04. The van der Waals surface area contributed by atoms with Crippen LogP contribution >= 0.6 is 11.6 Å². The van der Waals surface area contributed by atoms with Crippen molar-refractivity contribution >= 4 is 23.5 Å². The smallest absolute Gasteiger partial charge is 0.330 e. The van der Waals surface area contributed by atoms with E-state index in [9.17, 15) is 14.7 Å². The van der Waals surface area contributed by atoms with Gasteiger partial charge in [0.05, 0.1) is 17.8 Å². The third-order valence-electron chi connectivity index (χ3n) is 3.78. The summed E-state index contributed by atoms with van der Waals surface area (Å²) in [4.78, 5) is 23.8. The van der Waals surface area contributed by atoms with Crippen LogP contribution in [0.25, 0.3) is 0 Å². The van der Waals surface area contributed by atoms with Gasteiger partial charge in [0.25, 0.3) is 5.91 Å². The minimum atomic E-state index is -1.27. The van der Waals surface area contributed by atoms with E-state index < -0.39 is 17.9 Å². The minimum absolute atomic E-state index is 0.0113. The molecular formula is C16H15ClN2O5. The average molecular weight is 351 g/mol. The van der Waals surface area contributed by atoms with E-state index >= 15 is 0 Å². The van der Waals surface area contributed by atoms with Crippen LogP contribution in [0.1, 0.15) is 46.6 Å². The first-order valence-corrected chi connectivity index (χ1v) is 7.71. The molecule has 0 bridgehead atoms. The normalized spacial score (nSPS) is 14.9. The predicted molar refractivity (Wildman–Crippen MR) is 84.3 cm³/mol. The van der Waals surface area contributed by atoms with Gasteiger partial charge in [-0.05, 0) is 30.5 Å². The van der Waals surface area contributed by atoms with Crippen LogP contribution in [0, 0.1) is 0 Å². The van der Waals surface area contributed by atoms with E-state index in [-0.39, 0.29) is 10.8 Å². The maximum Gasteiger partial charge on any atom is 0.330 e. The first kappa shape index (κ1) is 16.3. The molecule has 1 unspecified atom stereocenters. The number of carbonyl (C=O) groups excluding carboxylic acids is 1. The number of hydrogen-bond donors (Lipinski definition) is 2. The Kier molecular flexibility index (Phi) is 4.44. The number of amides is 1. The van der Waals surface area contributed by atoms with Crippen molar-refractivity contribution in [3.05, 3.63) is 46.3 Å². The first-order chi connectivity index (χ1) is 11.5. The van der Waals surface area contributed by atoms with Gasteiger partial charge >= 0.3 is 5.97 Å². The lowest BCUT2D eigenvalue weighted by atomic mass is 10.1. The second-order valence-corrected chi connectivity index (χ2v) is 5.94. The van der Waals surface area contributed by atoms with Gasteiger partial charge in [-0.15, -0.1) is 0 Å². The quantitative estimate of drug-likeness (QED) is 0.830. The number of rotatable bonds is 6. The molecule has 1 heterocycles. The fraction of sp³-hybridized carbons (Fsp3) is 0.312. The summed E-state index contributed by atoms with van der Waals surface area (Å²) in [7, 11) is 1.46. The molecule has 1 amide bonds. The number of aliphatic carboxylic acids is 1. The zero-order valence-corrected chi connectivity index (χ0v) is 13.5. The Balaban J connectivity index is 1.79. The summed E-state index contributed by atoms with van der Waals surface area (Å²) in [5.74, 6) is -1.12. The monoisotopic (exact) mass is 350 g/mol. The van der Waals surface area contributed by atoms with Gasteiger partial charge in [-0.1, -0.05) is 22.8 Å². The number of nitrogens with zero attached hydrogens (tertiary/aromatic N) is 1. The molecule has 1 saturated carbocycles. The summed E-state index contributed by atoms with van der Waals surface area (Å²) in [5, 5.41) is 15.9. The SMILES string of the molecule is COc1ccc(C(NC(=O)c2cc(C3CC3)no2)C(=O)O)cc1Cl. The zero-order chi connectivity index (χ0) is 17.3. The van der Waals surface area contributed by atoms with E-state index in [1.165, 1.54) is 19.2 Å². The third-order valence-corrected chi connectivity index (χ3v) is 4.07. The highest BCUT2D eigenvalue weighted by molar-refractivity contribution is 6.32. The Hall–Kier alpha value is -2.54. The van der Waals surface area contributed by atoms with E-state index in [0.29, 0.717) is 17.2 Å². The summed E-state index contributed by atoms with van der Waals surface area (Å²) in [6.45, 7) is 0. The lowest BCUT2D eigenvalue weighted by molar-refractivity contribution is -0.139. The number of carboxylic acid groups (broad SMARTS) is 1. The fourth-order valence-corrected chi connectivity index (χ4v) is 2.59. The number of halogens is 1. The minimum Gasteiger partial charge on any atom is -0.495 e. The summed E-state index contributed by atoms with van der Waals surface area (Å²) in [6.07, 6.45) is 2.05. The van der Waals surface area contributed by atoms with Gasteiger partial charge in [-0.25, -0.2) is 4.79 Å². The number of aromatic nitrogens is 1. The zero-order valence-electron chi connectivity index (χ0n) is 12.8. The highest BCUT2D eigenvalue weighted by Gasteiger charge is 2.30. The molecule has 0 spiro atoms. The molecule has 0 saturated heterocycles. The number of methoxy groups -OCH3 is 1. The summed E-state index contributed by atoms with van der Waals surface area (Å²) in [6, 6.07) is 4.79. The van der Waals surface area contributed by atoms with Gasteiger partial charge in [-0.2, -0.15) is 0 Å². The van der Waals surface area contributed by atoms with Crippen LogP contribution in [0.5, 0.6) is 5.75 Å².